The molecule has 160 valence electrons. The van der Waals surface area contributed by atoms with Crippen LogP contribution in [0, 0.1) is 11.8 Å². The Bertz CT molecular complexity index is 1080. The largest absolute Gasteiger partial charge is 0.543 e. The first-order chi connectivity index (χ1) is 14.3. The van der Waals surface area contributed by atoms with E-state index in [9.17, 15) is 19.8 Å². The lowest BCUT2D eigenvalue weighted by molar-refractivity contribution is -0.508. The number of aromatic nitrogens is 2. The molecule has 0 unspecified atom stereocenters. The Kier molecular flexibility index (Phi) is 4.73. The number of nitrogens with zero attached hydrogens (tertiary/aromatic N) is 3. The Morgan fingerprint density at radius 1 is 1.50 bits per heavy atom. The number of nitrogens with one attached hydrogen (secondary N) is 1. The van der Waals surface area contributed by atoms with Crippen LogP contribution in [0.4, 0.5) is 0 Å². The smallest absolute Gasteiger partial charge is 0.250 e. The number of carboxylic acids is 1. The van der Waals surface area contributed by atoms with Crippen LogP contribution in [-0.4, -0.2) is 57.9 Å². The lowest BCUT2D eigenvalue weighted by Crippen LogP contribution is -2.64. The maximum atomic E-state index is 12.6. The molecule has 0 spiro atoms. The zero-order chi connectivity index (χ0) is 21.3. The summed E-state index contributed by atoms with van der Waals surface area (Å²) in [6.45, 7) is 5.47. The molecule has 0 radical (unpaired) electrons. The van der Waals surface area contributed by atoms with Gasteiger partial charge in [-0.15, -0.1) is 0 Å². The molecule has 3 aliphatic heterocycles. The van der Waals surface area contributed by atoms with Gasteiger partial charge in [0.1, 0.15) is 12.2 Å². The van der Waals surface area contributed by atoms with E-state index in [4.69, 9.17) is 0 Å². The van der Waals surface area contributed by atoms with Gasteiger partial charge in [0, 0.05) is 24.5 Å². The molecule has 3 aliphatic rings. The number of carboxylic acid groups (broad SMARTS) is 1. The number of rotatable bonds is 5. The topological polar surface area (TPSA) is 102 Å². The van der Waals surface area contributed by atoms with Gasteiger partial charge < -0.3 is 25.2 Å². The van der Waals surface area contributed by atoms with Gasteiger partial charge >= 0.3 is 0 Å². The van der Waals surface area contributed by atoms with Crippen LogP contribution >= 0.6 is 23.1 Å². The normalized spacial score (nSPS) is 29.6. The van der Waals surface area contributed by atoms with Crippen molar-refractivity contribution in [1.29, 1.82) is 0 Å². The Balaban J connectivity index is 1.60. The molecule has 2 N–H and O–H groups in total. The number of hydrogen-bond acceptors (Lipinski definition) is 7. The standard InChI is InChI=1S/C20H24N4O4S2/c1-9-13(16(20(27)28)24-15(9)14(10(2)25)17(24)26)12-7-22-8-23(11-4-5-21-6-11)19(29-3)18(22)30-12/h7-11,14-15,21,25H,4-6H2,1-3H3/t9-,10+,11-,14+,15+/m0/s1. The Morgan fingerprint density at radius 2 is 2.27 bits per heavy atom. The predicted octanol–water partition coefficient (Wildman–Crippen LogP) is -0.137. The number of aliphatic carboxylic acids is 1. The molecule has 2 saturated heterocycles. The van der Waals surface area contributed by atoms with Crippen LogP contribution in [0.25, 0.3) is 10.4 Å². The predicted molar refractivity (Wildman–Crippen MR) is 111 cm³/mol. The van der Waals surface area contributed by atoms with Crippen LogP contribution in [0.15, 0.2) is 23.2 Å². The highest BCUT2D eigenvalue weighted by Crippen LogP contribution is 2.51. The van der Waals surface area contributed by atoms with E-state index in [2.05, 4.69) is 26.9 Å². The first-order valence-corrected chi connectivity index (χ1v) is 12.2. The molecule has 0 aromatic carbocycles. The second-order valence-electron chi connectivity index (χ2n) is 8.29. The van der Waals surface area contributed by atoms with Gasteiger partial charge in [0.25, 0.3) is 6.33 Å². The fourth-order valence-corrected chi connectivity index (χ4v) is 7.47. The number of amides is 1. The monoisotopic (exact) mass is 448 g/mol. The van der Waals surface area contributed by atoms with Gasteiger partial charge in [0.2, 0.25) is 15.8 Å². The van der Waals surface area contributed by atoms with Crippen LogP contribution < -0.4 is 14.8 Å². The molecule has 2 aromatic heterocycles. The first-order valence-electron chi connectivity index (χ1n) is 10.1. The summed E-state index contributed by atoms with van der Waals surface area (Å²) < 4.78 is 4.35. The van der Waals surface area contributed by atoms with E-state index >= 15 is 0 Å². The highest BCUT2D eigenvalue weighted by Gasteiger charge is 2.59. The van der Waals surface area contributed by atoms with Crippen LogP contribution in [0.5, 0.6) is 0 Å². The van der Waals surface area contributed by atoms with E-state index in [1.165, 1.54) is 4.90 Å². The molecule has 10 heteroatoms. The van der Waals surface area contributed by atoms with Gasteiger partial charge in [-0.3, -0.25) is 4.79 Å². The van der Waals surface area contributed by atoms with Crippen molar-refractivity contribution in [3.05, 3.63) is 23.1 Å². The van der Waals surface area contributed by atoms with Gasteiger partial charge in [-0.05, 0) is 19.7 Å². The molecular formula is C20H24N4O4S2. The zero-order valence-corrected chi connectivity index (χ0v) is 18.6. The van der Waals surface area contributed by atoms with E-state index in [-0.39, 0.29) is 23.6 Å². The molecule has 30 heavy (non-hydrogen) atoms. The lowest BCUT2D eigenvalue weighted by atomic mass is 9.77. The van der Waals surface area contributed by atoms with Gasteiger partial charge in [0.05, 0.1) is 34.6 Å². The maximum absolute atomic E-state index is 12.6. The minimum absolute atomic E-state index is 0.0440. The molecule has 2 fully saturated rings. The summed E-state index contributed by atoms with van der Waals surface area (Å²) in [6, 6.07) is 0.0779. The van der Waals surface area contributed by atoms with Crippen LogP contribution in [0.3, 0.4) is 0 Å². The minimum Gasteiger partial charge on any atom is -0.543 e. The number of carbonyl (C=O) groups excluding carboxylic acids is 2. The Morgan fingerprint density at radius 3 is 2.87 bits per heavy atom. The lowest BCUT2D eigenvalue weighted by Gasteiger charge is -2.47. The number of imidazole rings is 1. The molecule has 1 amide bonds. The van der Waals surface area contributed by atoms with Crippen LogP contribution in [-0.2, 0) is 9.59 Å². The summed E-state index contributed by atoms with van der Waals surface area (Å²) in [7, 11) is 0. The highest BCUT2D eigenvalue weighted by atomic mass is 32.2. The number of thioether (sulfide) groups is 1. The minimum atomic E-state index is -1.34. The molecule has 5 heterocycles. The van der Waals surface area contributed by atoms with Crippen molar-refractivity contribution in [3.8, 4) is 0 Å². The fraction of sp³-hybridized carbons (Fsp3) is 0.550. The summed E-state index contributed by atoms with van der Waals surface area (Å²) in [5.74, 6) is -2.44. The first kappa shape index (κ1) is 20.0. The third-order valence-electron chi connectivity index (χ3n) is 6.62. The van der Waals surface area contributed by atoms with Crippen LogP contribution in [0.1, 0.15) is 31.2 Å². The third kappa shape index (κ3) is 2.63. The number of aliphatic hydroxyl groups excluding tert-OH is 1. The number of thiazole rings is 1. The van der Waals surface area contributed by atoms with Crippen molar-refractivity contribution >= 4 is 45.4 Å². The van der Waals surface area contributed by atoms with Crippen molar-refractivity contribution in [3.63, 3.8) is 0 Å². The summed E-state index contributed by atoms with van der Waals surface area (Å²) in [4.78, 5) is 27.8. The highest BCUT2D eigenvalue weighted by molar-refractivity contribution is 7.98. The summed E-state index contributed by atoms with van der Waals surface area (Å²) in [5.41, 5.74) is 0.587. The zero-order valence-electron chi connectivity index (χ0n) is 17.0. The maximum Gasteiger partial charge on any atom is 0.250 e. The summed E-state index contributed by atoms with van der Waals surface area (Å²) >= 11 is 3.23. The molecule has 5 atom stereocenters. The number of fused-ring (bicyclic) bond motifs is 2. The quantitative estimate of drug-likeness (QED) is 0.375. The van der Waals surface area contributed by atoms with Crippen molar-refractivity contribution in [1.82, 2.24) is 14.8 Å². The van der Waals surface area contributed by atoms with E-state index in [0.29, 0.717) is 11.6 Å². The summed E-state index contributed by atoms with van der Waals surface area (Å²) in [6.07, 6.45) is 6.36. The Hall–Kier alpha value is -1.88. The van der Waals surface area contributed by atoms with Gasteiger partial charge in [0.15, 0.2) is 0 Å². The van der Waals surface area contributed by atoms with Gasteiger partial charge in [-0.1, -0.05) is 30.0 Å². The van der Waals surface area contributed by atoms with E-state index in [1.54, 1.807) is 30.0 Å². The molecule has 5 rings (SSSR count). The number of hydrogen-bond donors (Lipinski definition) is 2. The van der Waals surface area contributed by atoms with Crippen molar-refractivity contribution < 1.29 is 24.2 Å². The number of β-lactam (4-membered cyclic amide) rings is 1. The molecule has 0 aliphatic carbocycles. The average molecular weight is 449 g/mol. The molecule has 2 aromatic rings. The molecule has 0 bridgehead atoms. The number of carbonyl (C=O) groups is 2. The fourth-order valence-electron chi connectivity index (χ4n) is 5.24. The summed E-state index contributed by atoms with van der Waals surface area (Å²) in [5, 5.41) is 26.6. The van der Waals surface area contributed by atoms with Gasteiger partial charge in [-0.2, -0.15) is 4.40 Å². The second kappa shape index (κ2) is 7.08. The third-order valence-corrected chi connectivity index (χ3v) is 8.68. The SMILES string of the molecule is CSc1c2sc(C3=C(C(=O)[O-])N4C(=O)[C@H]([C@@H](C)O)[C@H]4[C@H]3C)c[n+]2cn1[C@H]1CCNC1. The van der Waals surface area contributed by atoms with E-state index in [0.717, 1.165) is 34.2 Å². The van der Waals surface area contributed by atoms with Crippen molar-refractivity contribution in [2.24, 2.45) is 11.8 Å². The second-order valence-corrected chi connectivity index (χ2v) is 10.1. The molecule has 0 saturated carbocycles. The number of aliphatic hydroxyl groups is 1. The van der Waals surface area contributed by atoms with E-state index < -0.39 is 18.0 Å². The molecular weight excluding hydrogens is 424 g/mol. The van der Waals surface area contributed by atoms with E-state index in [1.807, 2.05) is 13.1 Å². The Labute approximate surface area is 182 Å². The average Bonchev–Trinajstić information content (AvgIpc) is 3.42. The van der Waals surface area contributed by atoms with Gasteiger partial charge in [-0.25, -0.2) is 4.57 Å². The van der Waals surface area contributed by atoms with Crippen LogP contribution in [0.2, 0.25) is 0 Å². The molecule has 8 nitrogen and oxygen atoms in total. The van der Waals surface area contributed by atoms with Crippen molar-refractivity contribution in [2.75, 3.05) is 19.3 Å². The van der Waals surface area contributed by atoms with Crippen molar-refractivity contribution in [2.45, 2.75) is 43.5 Å².